The summed E-state index contributed by atoms with van der Waals surface area (Å²) in [6.07, 6.45) is 3.18. The number of amides is 1. The van der Waals surface area contributed by atoms with Gasteiger partial charge >= 0.3 is 0 Å². The molecule has 18 heavy (non-hydrogen) atoms. The summed E-state index contributed by atoms with van der Waals surface area (Å²) in [4.78, 5) is 12.0. The van der Waals surface area contributed by atoms with E-state index in [-0.39, 0.29) is 11.9 Å². The molecule has 0 heterocycles. The van der Waals surface area contributed by atoms with Crippen molar-refractivity contribution in [1.82, 2.24) is 5.32 Å². The molecule has 1 aromatic carbocycles. The molecule has 0 radical (unpaired) electrons. The first-order chi connectivity index (χ1) is 8.46. The summed E-state index contributed by atoms with van der Waals surface area (Å²) >= 11 is 3.35. The van der Waals surface area contributed by atoms with E-state index in [1.54, 1.807) is 12.1 Å². The van der Waals surface area contributed by atoms with Gasteiger partial charge in [-0.25, -0.2) is 0 Å². The second kappa shape index (κ2) is 5.41. The van der Waals surface area contributed by atoms with Crippen molar-refractivity contribution in [1.29, 1.82) is 0 Å². The van der Waals surface area contributed by atoms with Crippen LogP contribution in [0.5, 0.6) is 0 Å². The molecule has 98 valence electrons. The number of hydrogen-bond donors (Lipinski definition) is 2. The van der Waals surface area contributed by atoms with E-state index in [4.69, 9.17) is 0 Å². The molecule has 1 aliphatic rings. The highest BCUT2D eigenvalue weighted by Gasteiger charge is 2.29. The van der Waals surface area contributed by atoms with Gasteiger partial charge in [0.2, 0.25) is 0 Å². The van der Waals surface area contributed by atoms with Gasteiger partial charge in [0, 0.05) is 16.1 Å². The van der Waals surface area contributed by atoms with Gasteiger partial charge in [0.15, 0.2) is 0 Å². The molecule has 0 spiro atoms. The number of benzene rings is 1. The molecule has 3 nitrogen and oxygen atoms in total. The molecule has 0 bridgehead atoms. The minimum atomic E-state index is -0.557. The Labute approximate surface area is 116 Å². The zero-order chi connectivity index (χ0) is 13.2. The monoisotopic (exact) mass is 311 g/mol. The zero-order valence-electron chi connectivity index (χ0n) is 10.4. The Balaban J connectivity index is 1.90. The second-order valence-corrected chi connectivity index (χ2v) is 6.17. The summed E-state index contributed by atoms with van der Waals surface area (Å²) in [5.41, 5.74) is 0.120. The lowest BCUT2D eigenvalue weighted by atomic mass is 9.83. The molecule has 1 aromatic rings. The van der Waals surface area contributed by atoms with Gasteiger partial charge in [0.05, 0.1) is 5.60 Å². The topological polar surface area (TPSA) is 49.3 Å². The average molecular weight is 312 g/mol. The van der Waals surface area contributed by atoms with Crippen LogP contribution in [-0.2, 0) is 0 Å². The van der Waals surface area contributed by atoms with Crippen LogP contribution in [0.4, 0.5) is 0 Å². The van der Waals surface area contributed by atoms with Gasteiger partial charge in [-0.3, -0.25) is 4.79 Å². The number of rotatable bonds is 2. The third kappa shape index (κ3) is 3.56. The quantitative estimate of drug-likeness (QED) is 0.882. The first-order valence-corrected chi connectivity index (χ1v) is 7.04. The summed E-state index contributed by atoms with van der Waals surface area (Å²) in [6, 6.07) is 7.51. The van der Waals surface area contributed by atoms with Crippen molar-refractivity contribution in [2.45, 2.75) is 44.2 Å². The van der Waals surface area contributed by atoms with Gasteiger partial charge in [-0.15, -0.1) is 0 Å². The van der Waals surface area contributed by atoms with Crippen LogP contribution in [0, 0.1) is 0 Å². The lowest BCUT2D eigenvalue weighted by Crippen LogP contribution is -2.42. The lowest BCUT2D eigenvalue weighted by molar-refractivity contribution is 0.0140. The maximum absolute atomic E-state index is 12.0. The molecular weight excluding hydrogens is 294 g/mol. The van der Waals surface area contributed by atoms with Crippen LogP contribution < -0.4 is 5.32 Å². The molecule has 0 saturated heterocycles. The van der Waals surface area contributed by atoms with Crippen molar-refractivity contribution in [2.75, 3.05) is 0 Å². The highest BCUT2D eigenvalue weighted by Crippen LogP contribution is 2.27. The van der Waals surface area contributed by atoms with Gasteiger partial charge in [-0.1, -0.05) is 15.9 Å². The maximum atomic E-state index is 12.0. The number of carbonyl (C=O) groups excluding carboxylic acids is 1. The molecule has 0 aliphatic heterocycles. The van der Waals surface area contributed by atoms with Crippen molar-refractivity contribution in [3.05, 3.63) is 34.3 Å². The number of nitrogens with one attached hydrogen (secondary N) is 1. The van der Waals surface area contributed by atoms with Gasteiger partial charge in [-0.2, -0.15) is 0 Å². The summed E-state index contributed by atoms with van der Waals surface area (Å²) in [7, 11) is 0. The normalized spacial score (nSPS) is 27.8. The number of hydrogen-bond acceptors (Lipinski definition) is 2. The molecule has 4 heteroatoms. The molecule has 2 N–H and O–H groups in total. The fourth-order valence-corrected chi connectivity index (χ4v) is 2.52. The average Bonchev–Trinajstić information content (AvgIpc) is 2.33. The molecular formula is C14H18BrNO2. The first kappa shape index (κ1) is 13.6. The smallest absolute Gasteiger partial charge is 0.251 e. The SMILES string of the molecule is CC1(O)CCC(NC(=O)c2ccc(Br)cc2)CC1. The minimum Gasteiger partial charge on any atom is -0.390 e. The van der Waals surface area contributed by atoms with Crippen molar-refractivity contribution in [3.8, 4) is 0 Å². The van der Waals surface area contributed by atoms with Gasteiger partial charge in [0.25, 0.3) is 5.91 Å². The molecule has 2 rings (SSSR count). The van der Waals surface area contributed by atoms with E-state index in [0.717, 1.165) is 30.2 Å². The molecule has 1 saturated carbocycles. The van der Waals surface area contributed by atoms with E-state index in [2.05, 4.69) is 21.2 Å². The third-order valence-electron chi connectivity index (χ3n) is 3.50. The molecule has 0 unspecified atom stereocenters. The number of aliphatic hydroxyl groups is 1. The fraction of sp³-hybridized carbons (Fsp3) is 0.500. The van der Waals surface area contributed by atoms with Crippen molar-refractivity contribution in [2.24, 2.45) is 0 Å². The summed E-state index contributed by atoms with van der Waals surface area (Å²) in [5.74, 6) is -0.0333. The van der Waals surface area contributed by atoms with E-state index >= 15 is 0 Å². The summed E-state index contributed by atoms with van der Waals surface area (Å²) < 4.78 is 0.966. The predicted molar refractivity (Wildman–Crippen MR) is 74.5 cm³/mol. The largest absolute Gasteiger partial charge is 0.390 e. The fourth-order valence-electron chi connectivity index (χ4n) is 2.25. The van der Waals surface area contributed by atoms with Crippen LogP contribution in [0.2, 0.25) is 0 Å². The van der Waals surface area contributed by atoms with E-state index in [1.165, 1.54) is 0 Å². The highest BCUT2D eigenvalue weighted by atomic mass is 79.9. The Morgan fingerprint density at radius 2 is 1.89 bits per heavy atom. The lowest BCUT2D eigenvalue weighted by Gasteiger charge is -2.33. The Morgan fingerprint density at radius 1 is 1.33 bits per heavy atom. The summed E-state index contributed by atoms with van der Waals surface area (Å²) in [5, 5.41) is 12.9. The molecule has 0 atom stereocenters. The molecule has 1 fully saturated rings. The molecule has 1 amide bonds. The van der Waals surface area contributed by atoms with Crippen LogP contribution in [0.15, 0.2) is 28.7 Å². The van der Waals surface area contributed by atoms with E-state index in [0.29, 0.717) is 5.56 Å². The van der Waals surface area contributed by atoms with Crippen LogP contribution in [-0.4, -0.2) is 22.7 Å². The molecule has 0 aromatic heterocycles. The standard InChI is InChI=1S/C14H18BrNO2/c1-14(18)8-6-12(7-9-14)16-13(17)10-2-4-11(15)5-3-10/h2-5,12,18H,6-9H2,1H3,(H,16,17). The maximum Gasteiger partial charge on any atom is 0.251 e. The van der Waals surface area contributed by atoms with E-state index in [9.17, 15) is 9.90 Å². The predicted octanol–water partition coefficient (Wildman–Crippen LogP) is 2.87. The van der Waals surface area contributed by atoms with E-state index in [1.807, 2.05) is 19.1 Å². The van der Waals surface area contributed by atoms with Crippen molar-refractivity contribution < 1.29 is 9.90 Å². The second-order valence-electron chi connectivity index (χ2n) is 5.25. The Hall–Kier alpha value is -0.870. The Kier molecular flexibility index (Phi) is 4.07. The number of halogens is 1. The van der Waals surface area contributed by atoms with Crippen molar-refractivity contribution >= 4 is 21.8 Å². The van der Waals surface area contributed by atoms with Gasteiger partial charge in [0.1, 0.15) is 0 Å². The Bertz CT molecular complexity index is 418. The highest BCUT2D eigenvalue weighted by molar-refractivity contribution is 9.10. The Morgan fingerprint density at radius 3 is 2.44 bits per heavy atom. The first-order valence-electron chi connectivity index (χ1n) is 6.25. The van der Waals surface area contributed by atoms with Crippen LogP contribution >= 0.6 is 15.9 Å². The zero-order valence-corrected chi connectivity index (χ0v) is 12.0. The number of carbonyl (C=O) groups is 1. The van der Waals surface area contributed by atoms with Gasteiger partial charge < -0.3 is 10.4 Å². The van der Waals surface area contributed by atoms with Crippen LogP contribution in [0.3, 0.4) is 0 Å². The third-order valence-corrected chi connectivity index (χ3v) is 4.03. The molecule has 1 aliphatic carbocycles. The minimum absolute atomic E-state index is 0.0333. The summed E-state index contributed by atoms with van der Waals surface area (Å²) in [6.45, 7) is 1.86. The van der Waals surface area contributed by atoms with Crippen LogP contribution in [0.25, 0.3) is 0 Å². The van der Waals surface area contributed by atoms with E-state index < -0.39 is 5.60 Å². The van der Waals surface area contributed by atoms with Gasteiger partial charge in [-0.05, 0) is 56.9 Å². The van der Waals surface area contributed by atoms with Crippen molar-refractivity contribution in [3.63, 3.8) is 0 Å². The van der Waals surface area contributed by atoms with Crippen LogP contribution in [0.1, 0.15) is 43.0 Å².